The molecule has 5 heteroatoms. The van der Waals surface area contributed by atoms with E-state index >= 15 is 0 Å². The molecule has 0 aromatic heterocycles. The minimum absolute atomic E-state index is 0.0485. The number of anilines is 1. The molecule has 1 N–H and O–H groups in total. The lowest BCUT2D eigenvalue weighted by Crippen LogP contribution is -2.20. The van der Waals surface area contributed by atoms with Crippen molar-refractivity contribution in [1.29, 1.82) is 0 Å². The normalized spacial score (nSPS) is 16.8. The standard InChI is InChI=1S/C22H25NO4/c1-22(2,3)17-6-4-15(5-7-17)20(24)23-18-8-10-19(11-9-18)27-21(25)16-12-13-26-14-16/h4-11,16H,12-14H2,1-3H3,(H,23,24). The lowest BCUT2D eigenvalue weighted by Gasteiger charge is -2.19. The third-order valence-electron chi connectivity index (χ3n) is 4.61. The average Bonchev–Trinajstić information content (AvgIpc) is 3.17. The zero-order valence-corrected chi connectivity index (χ0v) is 16.0. The molecule has 1 heterocycles. The van der Waals surface area contributed by atoms with E-state index in [1.165, 1.54) is 5.56 Å². The van der Waals surface area contributed by atoms with Gasteiger partial charge >= 0.3 is 5.97 Å². The van der Waals surface area contributed by atoms with Crippen LogP contribution < -0.4 is 10.1 Å². The quantitative estimate of drug-likeness (QED) is 0.650. The van der Waals surface area contributed by atoms with Crippen LogP contribution in [0.25, 0.3) is 0 Å². The minimum atomic E-state index is -0.275. The Morgan fingerprint density at radius 1 is 1.04 bits per heavy atom. The molecule has 27 heavy (non-hydrogen) atoms. The van der Waals surface area contributed by atoms with Gasteiger partial charge in [0.05, 0.1) is 12.5 Å². The summed E-state index contributed by atoms with van der Waals surface area (Å²) in [6, 6.07) is 14.4. The van der Waals surface area contributed by atoms with E-state index in [0.29, 0.717) is 36.6 Å². The fourth-order valence-electron chi connectivity index (χ4n) is 2.85. The Morgan fingerprint density at radius 3 is 2.26 bits per heavy atom. The second-order valence-corrected chi connectivity index (χ2v) is 7.79. The van der Waals surface area contributed by atoms with Gasteiger partial charge in [-0.3, -0.25) is 9.59 Å². The first-order chi connectivity index (χ1) is 12.8. The highest BCUT2D eigenvalue weighted by Gasteiger charge is 2.25. The van der Waals surface area contributed by atoms with Crippen molar-refractivity contribution in [3.8, 4) is 5.75 Å². The van der Waals surface area contributed by atoms with Crippen LogP contribution in [-0.2, 0) is 14.9 Å². The zero-order chi connectivity index (χ0) is 19.4. The monoisotopic (exact) mass is 367 g/mol. The van der Waals surface area contributed by atoms with Gasteiger partial charge in [-0.2, -0.15) is 0 Å². The topological polar surface area (TPSA) is 64.6 Å². The Bertz CT molecular complexity index is 798. The Kier molecular flexibility index (Phi) is 5.61. The molecule has 0 aliphatic carbocycles. The van der Waals surface area contributed by atoms with E-state index in [1.54, 1.807) is 24.3 Å². The molecule has 1 unspecified atom stereocenters. The van der Waals surface area contributed by atoms with E-state index < -0.39 is 0 Å². The number of hydrogen-bond donors (Lipinski definition) is 1. The van der Waals surface area contributed by atoms with Gasteiger partial charge in [-0.05, 0) is 53.8 Å². The summed E-state index contributed by atoms with van der Waals surface area (Å²) in [5, 5.41) is 2.85. The summed E-state index contributed by atoms with van der Waals surface area (Å²) in [6.07, 6.45) is 0.695. The van der Waals surface area contributed by atoms with Crippen molar-refractivity contribution in [1.82, 2.24) is 0 Å². The molecule has 1 aliphatic rings. The third-order valence-corrected chi connectivity index (χ3v) is 4.61. The SMILES string of the molecule is CC(C)(C)c1ccc(C(=O)Nc2ccc(OC(=O)C3CCOC3)cc2)cc1. The summed E-state index contributed by atoms with van der Waals surface area (Å²) in [4.78, 5) is 24.4. The maximum atomic E-state index is 12.4. The maximum Gasteiger partial charge on any atom is 0.316 e. The van der Waals surface area contributed by atoms with Crippen molar-refractivity contribution >= 4 is 17.6 Å². The first-order valence-electron chi connectivity index (χ1n) is 9.14. The van der Waals surface area contributed by atoms with Crippen LogP contribution in [0.4, 0.5) is 5.69 Å². The van der Waals surface area contributed by atoms with Crippen LogP contribution in [0, 0.1) is 5.92 Å². The fraction of sp³-hybridized carbons (Fsp3) is 0.364. The molecule has 5 nitrogen and oxygen atoms in total. The Hall–Kier alpha value is -2.66. The molecular weight excluding hydrogens is 342 g/mol. The van der Waals surface area contributed by atoms with Crippen LogP contribution in [-0.4, -0.2) is 25.1 Å². The predicted octanol–water partition coefficient (Wildman–Crippen LogP) is 4.18. The molecule has 0 spiro atoms. The number of ether oxygens (including phenoxy) is 2. The van der Waals surface area contributed by atoms with E-state index in [2.05, 4.69) is 26.1 Å². The van der Waals surface area contributed by atoms with Crippen molar-refractivity contribution in [2.24, 2.45) is 5.92 Å². The Labute approximate surface area is 159 Å². The van der Waals surface area contributed by atoms with E-state index in [-0.39, 0.29) is 23.2 Å². The number of esters is 1. The largest absolute Gasteiger partial charge is 0.426 e. The smallest absolute Gasteiger partial charge is 0.316 e. The number of carbonyl (C=O) groups excluding carboxylic acids is 2. The molecule has 142 valence electrons. The van der Waals surface area contributed by atoms with Gasteiger partial charge in [-0.15, -0.1) is 0 Å². The van der Waals surface area contributed by atoms with E-state index in [0.717, 1.165) is 0 Å². The van der Waals surface area contributed by atoms with Crippen LogP contribution in [0.15, 0.2) is 48.5 Å². The minimum Gasteiger partial charge on any atom is -0.426 e. The van der Waals surface area contributed by atoms with Gasteiger partial charge in [0, 0.05) is 17.9 Å². The van der Waals surface area contributed by atoms with Gasteiger partial charge in [0.15, 0.2) is 0 Å². The van der Waals surface area contributed by atoms with Gasteiger partial charge in [0.25, 0.3) is 5.91 Å². The van der Waals surface area contributed by atoms with Crippen LogP contribution in [0.5, 0.6) is 5.75 Å². The molecule has 0 saturated carbocycles. The molecular formula is C22H25NO4. The molecule has 0 radical (unpaired) electrons. The zero-order valence-electron chi connectivity index (χ0n) is 16.0. The van der Waals surface area contributed by atoms with Gasteiger partial charge in [-0.1, -0.05) is 32.9 Å². The highest BCUT2D eigenvalue weighted by Crippen LogP contribution is 2.23. The summed E-state index contributed by atoms with van der Waals surface area (Å²) in [7, 11) is 0. The first kappa shape index (κ1) is 19.1. The van der Waals surface area contributed by atoms with Gasteiger partial charge in [-0.25, -0.2) is 0 Å². The molecule has 1 fully saturated rings. The summed E-state index contributed by atoms with van der Waals surface area (Å²) in [5.74, 6) is -0.189. The van der Waals surface area contributed by atoms with Crippen molar-refractivity contribution in [3.05, 3.63) is 59.7 Å². The molecule has 1 atom stereocenters. The highest BCUT2D eigenvalue weighted by molar-refractivity contribution is 6.04. The first-order valence-corrected chi connectivity index (χ1v) is 9.14. The van der Waals surface area contributed by atoms with Crippen LogP contribution >= 0.6 is 0 Å². The molecule has 1 saturated heterocycles. The fourth-order valence-corrected chi connectivity index (χ4v) is 2.85. The van der Waals surface area contributed by atoms with Crippen molar-refractivity contribution in [2.75, 3.05) is 18.5 Å². The summed E-state index contributed by atoms with van der Waals surface area (Å²) >= 11 is 0. The molecule has 2 aromatic carbocycles. The van der Waals surface area contributed by atoms with E-state index in [1.807, 2.05) is 24.3 Å². The highest BCUT2D eigenvalue weighted by atomic mass is 16.5. The van der Waals surface area contributed by atoms with Gasteiger partial charge < -0.3 is 14.8 Å². The predicted molar refractivity (Wildman–Crippen MR) is 104 cm³/mol. The molecule has 2 aromatic rings. The second kappa shape index (κ2) is 7.92. The van der Waals surface area contributed by atoms with Gasteiger partial charge in [0.1, 0.15) is 5.75 Å². The third kappa shape index (κ3) is 4.95. The summed E-state index contributed by atoms with van der Waals surface area (Å²) in [6.45, 7) is 7.42. The van der Waals surface area contributed by atoms with Crippen LogP contribution in [0.1, 0.15) is 43.1 Å². The Balaban J connectivity index is 1.59. The maximum absolute atomic E-state index is 12.4. The summed E-state index contributed by atoms with van der Waals surface area (Å²) in [5.41, 5.74) is 2.47. The molecule has 1 aliphatic heterocycles. The number of nitrogens with one attached hydrogen (secondary N) is 1. The average molecular weight is 367 g/mol. The number of rotatable bonds is 4. The molecule has 1 amide bonds. The number of amides is 1. The molecule has 0 bridgehead atoms. The number of carbonyl (C=O) groups is 2. The van der Waals surface area contributed by atoms with Crippen LogP contribution in [0.2, 0.25) is 0 Å². The molecule has 3 rings (SSSR count). The number of hydrogen-bond acceptors (Lipinski definition) is 4. The lowest BCUT2D eigenvalue weighted by atomic mass is 9.87. The summed E-state index contributed by atoms with van der Waals surface area (Å²) < 4.78 is 10.6. The van der Waals surface area contributed by atoms with Crippen LogP contribution in [0.3, 0.4) is 0 Å². The number of benzene rings is 2. The van der Waals surface area contributed by atoms with E-state index in [4.69, 9.17) is 9.47 Å². The second-order valence-electron chi connectivity index (χ2n) is 7.79. The van der Waals surface area contributed by atoms with Crippen molar-refractivity contribution in [2.45, 2.75) is 32.6 Å². The van der Waals surface area contributed by atoms with Gasteiger partial charge in [0.2, 0.25) is 0 Å². The van der Waals surface area contributed by atoms with E-state index in [9.17, 15) is 9.59 Å². The lowest BCUT2D eigenvalue weighted by molar-refractivity contribution is -0.138. The van der Waals surface area contributed by atoms with Crippen molar-refractivity contribution < 1.29 is 19.1 Å². The van der Waals surface area contributed by atoms with Crippen molar-refractivity contribution in [3.63, 3.8) is 0 Å². The Morgan fingerprint density at radius 2 is 1.70 bits per heavy atom.